The highest BCUT2D eigenvalue weighted by atomic mass is 16.5. The van der Waals surface area contributed by atoms with Crippen molar-refractivity contribution in [2.75, 3.05) is 5.32 Å². The molecule has 0 unspecified atom stereocenters. The second-order valence-corrected chi connectivity index (χ2v) is 6.75. The van der Waals surface area contributed by atoms with Crippen LogP contribution in [0.3, 0.4) is 0 Å². The highest BCUT2D eigenvalue weighted by Gasteiger charge is 2.19. The van der Waals surface area contributed by atoms with Crippen molar-refractivity contribution in [3.63, 3.8) is 0 Å². The lowest BCUT2D eigenvalue weighted by Gasteiger charge is -2.15. The number of rotatable bonds is 6. The summed E-state index contributed by atoms with van der Waals surface area (Å²) in [4.78, 5) is 24.8. The lowest BCUT2D eigenvalue weighted by atomic mass is 10.1. The number of ether oxygens (including phenoxy) is 2. The van der Waals surface area contributed by atoms with Gasteiger partial charge in [0.15, 0.2) is 6.10 Å². The van der Waals surface area contributed by atoms with E-state index in [2.05, 4.69) is 5.32 Å². The molecular weight excluding hydrogens is 354 g/mol. The van der Waals surface area contributed by atoms with Crippen LogP contribution in [0, 0.1) is 0 Å². The van der Waals surface area contributed by atoms with Crippen molar-refractivity contribution in [2.24, 2.45) is 0 Å². The number of benzene rings is 3. The standard InChI is InChI=1S/C23H23NO4/c1-15(2)27-19-13-11-18(12-14-19)23(26)28-16(3)22(25)24-21-10-6-8-17-7-4-5-9-20(17)21/h4-16H,1-3H3,(H,24,25)/t16-/m0/s1. The number of fused-ring (bicyclic) bond motifs is 1. The van der Waals surface area contributed by atoms with Gasteiger partial charge in [-0.05, 0) is 56.5 Å². The summed E-state index contributed by atoms with van der Waals surface area (Å²) in [6.07, 6.45) is -0.881. The first-order valence-electron chi connectivity index (χ1n) is 9.20. The van der Waals surface area contributed by atoms with E-state index in [1.165, 1.54) is 0 Å². The molecule has 3 rings (SSSR count). The first kappa shape index (κ1) is 19.4. The molecular formula is C23H23NO4. The van der Waals surface area contributed by atoms with Crippen molar-refractivity contribution < 1.29 is 19.1 Å². The van der Waals surface area contributed by atoms with Crippen LogP contribution in [0.4, 0.5) is 5.69 Å². The summed E-state index contributed by atoms with van der Waals surface area (Å²) in [5.41, 5.74) is 1.04. The van der Waals surface area contributed by atoms with Crippen molar-refractivity contribution >= 4 is 28.3 Å². The molecule has 0 spiro atoms. The van der Waals surface area contributed by atoms with Crippen LogP contribution < -0.4 is 10.1 Å². The van der Waals surface area contributed by atoms with Crippen LogP contribution in [0.2, 0.25) is 0 Å². The van der Waals surface area contributed by atoms with Crippen LogP contribution in [0.5, 0.6) is 5.75 Å². The largest absolute Gasteiger partial charge is 0.491 e. The van der Waals surface area contributed by atoms with Gasteiger partial charge < -0.3 is 14.8 Å². The zero-order valence-corrected chi connectivity index (χ0v) is 16.1. The molecule has 1 N–H and O–H groups in total. The zero-order chi connectivity index (χ0) is 20.1. The first-order valence-corrected chi connectivity index (χ1v) is 9.20. The van der Waals surface area contributed by atoms with Gasteiger partial charge in [0.05, 0.1) is 11.7 Å². The van der Waals surface area contributed by atoms with Crippen LogP contribution in [0.15, 0.2) is 66.7 Å². The van der Waals surface area contributed by atoms with Crippen molar-refractivity contribution in [1.29, 1.82) is 0 Å². The van der Waals surface area contributed by atoms with Gasteiger partial charge in [-0.3, -0.25) is 4.79 Å². The number of hydrogen-bond donors (Lipinski definition) is 1. The van der Waals surface area contributed by atoms with Crippen molar-refractivity contribution in [1.82, 2.24) is 0 Å². The topological polar surface area (TPSA) is 64.6 Å². The summed E-state index contributed by atoms with van der Waals surface area (Å²) in [5, 5.41) is 4.79. The number of esters is 1. The molecule has 1 atom stereocenters. The number of amides is 1. The lowest BCUT2D eigenvalue weighted by Crippen LogP contribution is -2.30. The Morgan fingerprint density at radius 2 is 1.54 bits per heavy atom. The lowest BCUT2D eigenvalue weighted by molar-refractivity contribution is -0.123. The molecule has 3 aromatic carbocycles. The molecule has 3 aromatic rings. The van der Waals surface area contributed by atoms with Gasteiger partial charge in [0.1, 0.15) is 5.75 Å². The zero-order valence-electron chi connectivity index (χ0n) is 16.1. The van der Waals surface area contributed by atoms with E-state index in [4.69, 9.17) is 9.47 Å². The molecule has 0 saturated heterocycles. The Labute approximate surface area is 164 Å². The van der Waals surface area contributed by atoms with Crippen LogP contribution in [-0.2, 0) is 9.53 Å². The predicted octanol–water partition coefficient (Wildman–Crippen LogP) is 4.81. The fourth-order valence-electron chi connectivity index (χ4n) is 2.79. The Hall–Kier alpha value is -3.34. The Morgan fingerprint density at radius 1 is 0.857 bits per heavy atom. The van der Waals surface area contributed by atoms with Crippen LogP contribution in [0.25, 0.3) is 10.8 Å². The summed E-state index contributed by atoms with van der Waals surface area (Å²) in [6.45, 7) is 5.41. The van der Waals surface area contributed by atoms with Gasteiger partial charge in [-0.15, -0.1) is 0 Å². The second kappa shape index (κ2) is 8.57. The Balaban J connectivity index is 1.64. The first-order chi connectivity index (χ1) is 13.4. The molecule has 0 radical (unpaired) electrons. The molecule has 144 valence electrons. The average Bonchev–Trinajstić information content (AvgIpc) is 2.68. The molecule has 1 amide bonds. The summed E-state index contributed by atoms with van der Waals surface area (Å²) < 4.78 is 10.9. The second-order valence-electron chi connectivity index (χ2n) is 6.75. The van der Waals surface area contributed by atoms with Crippen molar-refractivity contribution in [2.45, 2.75) is 33.0 Å². The van der Waals surface area contributed by atoms with E-state index in [0.717, 1.165) is 10.8 Å². The van der Waals surface area contributed by atoms with Gasteiger partial charge in [0.25, 0.3) is 5.91 Å². The van der Waals surface area contributed by atoms with E-state index in [1.807, 2.05) is 56.3 Å². The molecule has 0 fully saturated rings. The highest BCUT2D eigenvalue weighted by Crippen LogP contribution is 2.23. The van der Waals surface area contributed by atoms with Gasteiger partial charge >= 0.3 is 5.97 Å². The van der Waals surface area contributed by atoms with Crippen LogP contribution in [0.1, 0.15) is 31.1 Å². The predicted molar refractivity (Wildman–Crippen MR) is 110 cm³/mol. The molecule has 0 aliphatic heterocycles. The third-order valence-electron chi connectivity index (χ3n) is 4.16. The smallest absolute Gasteiger partial charge is 0.338 e. The summed E-state index contributed by atoms with van der Waals surface area (Å²) in [7, 11) is 0. The molecule has 28 heavy (non-hydrogen) atoms. The van der Waals surface area contributed by atoms with Gasteiger partial charge in [-0.2, -0.15) is 0 Å². The molecule has 5 nitrogen and oxygen atoms in total. The minimum atomic E-state index is -0.932. The Morgan fingerprint density at radius 3 is 2.25 bits per heavy atom. The van der Waals surface area contributed by atoms with E-state index in [1.54, 1.807) is 31.2 Å². The fraction of sp³-hybridized carbons (Fsp3) is 0.217. The Kier molecular flexibility index (Phi) is 5.94. The monoisotopic (exact) mass is 377 g/mol. The quantitative estimate of drug-likeness (QED) is 0.626. The van der Waals surface area contributed by atoms with Crippen molar-refractivity contribution in [3.8, 4) is 5.75 Å². The SMILES string of the molecule is CC(C)Oc1ccc(C(=O)O[C@@H](C)C(=O)Nc2cccc3ccccc23)cc1. The molecule has 5 heteroatoms. The van der Waals surface area contributed by atoms with Gasteiger partial charge in [-0.25, -0.2) is 4.79 Å². The van der Waals surface area contributed by atoms with E-state index in [-0.39, 0.29) is 12.0 Å². The van der Waals surface area contributed by atoms with Crippen LogP contribution >= 0.6 is 0 Å². The number of nitrogens with one attached hydrogen (secondary N) is 1. The average molecular weight is 377 g/mol. The molecule has 0 aliphatic rings. The molecule has 0 aromatic heterocycles. The fourth-order valence-corrected chi connectivity index (χ4v) is 2.79. The number of carbonyl (C=O) groups is 2. The number of carbonyl (C=O) groups excluding carboxylic acids is 2. The van der Waals surface area contributed by atoms with E-state index in [9.17, 15) is 9.59 Å². The Bertz CT molecular complexity index is 974. The minimum Gasteiger partial charge on any atom is -0.491 e. The van der Waals surface area contributed by atoms with E-state index >= 15 is 0 Å². The number of hydrogen-bond acceptors (Lipinski definition) is 4. The number of anilines is 1. The third kappa shape index (κ3) is 4.68. The molecule has 0 saturated carbocycles. The summed E-state index contributed by atoms with van der Waals surface area (Å²) in [6, 6.07) is 20.1. The van der Waals surface area contributed by atoms with Gasteiger partial charge in [0, 0.05) is 11.1 Å². The minimum absolute atomic E-state index is 0.0515. The third-order valence-corrected chi connectivity index (χ3v) is 4.16. The van der Waals surface area contributed by atoms with E-state index in [0.29, 0.717) is 17.0 Å². The molecule has 0 heterocycles. The molecule has 0 bridgehead atoms. The maximum absolute atomic E-state index is 12.5. The van der Waals surface area contributed by atoms with Crippen molar-refractivity contribution in [3.05, 3.63) is 72.3 Å². The summed E-state index contributed by atoms with van der Waals surface area (Å²) in [5.74, 6) is -0.269. The normalized spacial score (nSPS) is 11.9. The van der Waals surface area contributed by atoms with Gasteiger partial charge in [0.2, 0.25) is 0 Å². The molecule has 0 aliphatic carbocycles. The summed E-state index contributed by atoms with van der Waals surface area (Å²) >= 11 is 0. The maximum Gasteiger partial charge on any atom is 0.338 e. The van der Waals surface area contributed by atoms with Crippen LogP contribution in [-0.4, -0.2) is 24.1 Å². The highest BCUT2D eigenvalue weighted by molar-refractivity contribution is 6.04. The van der Waals surface area contributed by atoms with Gasteiger partial charge in [-0.1, -0.05) is 36.4 Å². The van der Waals surface area contributed by atoms with E-state index < -0.39 is 12.1 Å². The maximum atomic E-state index is 12.5.